The summed E-state index contributed by atoms with van der Waals surface area (Å²) >= 11 is 0. The zero-order chi connectivity index (χ0) is 14.4. The number of rotatable bonds is 5. The summed E-state index contributed by atoms with van der Waals surface area (Å²) in [6, 6.07) is 5.20. The molecule has 0 bridgehead atoms. The molecular weight excluding hydrogens is 250 g/mol. The second-order valence-electron chi connectivity index (χ2n) is 5.72. The average Bonchev–Trinajstić information content (AvgIpc) is 2.67. The number of likely N-dealkylation sites (tertiary alicyclic amines) is 1. The van der Waals surface area contributed by atoms with E-state index in [0.29, 0.717) is 24.6 Å². The van der Waals surface area contributed by atoms with Gasteiger partial charge in [-0.2, -0.15) is 0 Å². The zero-order valence-electron chi connectivity index (χ0n) is 12.9. The number of hydrogen-bond donors (Lipinski definition) is 1. The molecule has 0 aromatic carbocycles. The van der Waals surface area contributed by atoms with E-state index >= 15 is 0 Å². The molecule has 20 heavy (non-hydrogen) atoms. The molecule has 0 saturated carbocycles. The lowest BCUT2D eigenvalue weighted by Crippen LogP contribution is -2.32. The lowest BCUT2D eigenvalue weighted by molar-refractivity contribution is 0.230. The number of aromatic nitrogens is 1. The fourth-order valence-corrected chi connectivity index (χ4v) is 2.71. The van der Waals surface area contributed by atoms with Crippen LogP contribution in [0.2, 0.25) is 0 Å². The van der Waals surface area contributed by atoms with Gasteiger partial charge in [-0.3, -0.25) is 0 Å². The smallest absolute Gasteiger partial charge is 0.213 e. The van der Waals surface area contributed by atoms with Gasteiger partial charge in [0.15, 0.2) is 0 Å². The average molecular weight is 277 g/mol. The highest BCUT2D eigenvalue weighted by atomic mass is 16.5. The van der Waals surface area contributed by atoms with Crippen LogP contribution in [0, 0.1) is 0 Å². The van der Waals surface area contributed by atoms with Crippen molar-refractivity contribution >= 4 is 5.69 Å². The molecule has 1 unspecified atom stereocenters. The number of nitrogens with one attached hydrogen (secondary N) is 1. The van der Waals surface area contributed by atoms with Crippen molar-refractivity contribution < 1.29 is 4.74 Å². The standard InChI is InChI=1S/C16H27N3O/c1-4-20-16-8-7-15(12-17-16)18-14-6-5-10-19(11-9-14)13(2)3/h7-8,12-14,18H,4-6,9-11H2,1-3H3. The minimum atomic E-state index is 0.554. The summed E-state index contributed by atoms with van der Waals surface area (Å²) in [4.78, 5) is 6.87. The number of nitrogens with zero attached hydrogens (tertiary/aromatic N) is 2. The first-order valence-electron chi connectivity index (χ1n) is 7.78. The molecule has 4 heteroatoms. The molecule has 2 rings (SSSR count). The van der Waals surface area contributed by atoms with E-state index in [1.54, 1.807) is 0 Å². The lowest BCUT2D eigenvalue weighted by atomic mass is 10.1. The van der Waals surface area contributed by atoms with E-state index in [1.165, 1.54) is 32.4 Å². The summed E-state index contributed by atoms with van der Waals surface area (Å²) in [5, 5.41) is 3.60. The third-order valence-electron chi connectivity index (χ3n) is 3.89. The Kier molecular flexibility index (Phi) is 5.65. The molecule has 4 nitrogen and oxygen atoms in total. The third-order valence-corrected chi connectivity index (χ3v) is 3.89. The first-order valence-corrected chi connectivity index (χ1v) is 7.78. The molecule has 1 aliphatic rings. The summed E-state index contributed by atoms with van der Waals surface area (Å²) in [5.41, 5.74) is 1.09. The van der Waals surface area contributed by atoms with Gasteiger partial charge in [0.1, 0.15) is 0 Å². The van der Waals surface area contributed by atoms with Crippen molar-refractivity contribution in [2.45, 2.75) is 52.1 Å². The van der Waals surface area contributed by atoms with Crippen molar-refractivity contribution in [3.63, 3.8) is 0 Å². The molecule has 0 aliphatic carbocycles. The van der Waals surface area contributed by atoms with Crippen LogP contribution in [-0.4, -0.2) is 41.7 Å². The highest BCUT2D eigenvalue weighted by Crippen LogP contribution is 2.19. The Morgan fingerprint density at radius 2 is 2.20 bits per heavy atom. The quantitative estimate of drug-likeness (QED) is 0.897. The SMILES string of the molecule is CCOc1ccc(NC2CCCN(C(C)C)CC2)cn1. The van der Waals surface area contributed by atoms with Gasteiger partial charge in [-0.1, -0.05) is 0 Å². The van der Waals surface area contributed by atoms with Crippen molar-refractivity contribution in [2.75, 3.05) is 25.0 Å². The largest absolute Gasteiger partial charge is 0.478 e. The van der Waals surface area contributed by atoms with Gasteiger partial charge in [0.25, 0.3) is 0 Å². The van der Waals surface area contributed by atoms with Crippen molar-refractivity contribution in [3.05, 3.63) is 18.3 Å². The molecule has 1 aliphatic heterocycles. The van der Waals surface area contributed by atoms with E-state index in [4.69, 9.17) is 4.74 Å². The van der Waals surface area contributed by atoms with Gasteiger partial charge in [0.2, 0.25) is 5.88 Å². The van der Waals surface area contributed by atoms with Crippen molar-refractivity contribution in [1.82, 2.24) is 9.88 Å². The summed E-state index contributed by atoms with van der Waals surface area (Å²) in [6.45, 7) is 9.60. The maximum absolute atomic E-state index is 5.37. The molecule has 112 valence electrons. The van der Waals surface area contributed by atoms with Crippen LogP contribution < -0.4 is 10.1 Å². The summed E-state index contributed by atoms with van der Waals surface area (Å²) in [5.74, 6) is 0.699. The Hall–Kier alpha value is -1.29. The normalized spacial score (nSPS) is 20.7. The molecule has 0 radical (unpaired) electrons. The molecule has 0 spiro atoms. The Bertz CT molecular complexity index is 391. The summed E-state index contributed by atoms with van der Waals surface area (Å²) < 4.78 is 5.37. The van der Waals surface area contributed by atoms with Crippen molar-refractivity contribution in [2.24, 2.45) is 0 Å². The number of pyridine rings is 1. The number of anilines is 1. The van der Waals surface area contributed by atoms with Gasteiger partial charge in [-0.05, 0) is 52.6 Å². The zero-order valence-corrected chi connectivity index (χ0v) is 12.9. The molecule has 1 fully saturated rings. The van der Waals surface area contributed by atoms with E-state index in [2.05, 4.69) is 35.1 Å². The van der Waals surface area contributed by atoms with Gasteiger partial charge in [0.05, 0.1) is 18.5 Å². The Balaban J connectivity index is 1.86. The van der Waals surface area contributed by atoms with Gasteiger partial charge < -0.3 is 15.0 Å². The van der Waals surface area contributed by atoms with Crippen molar-refractivity contribution in [1.29, 1.82) is 0 Å². The van der Waals surface area contributed by atoms with Crippen LogP contribution in [0.1, 0.15) is 40.0 Å². The minimum absolute atomic E-state index is 0.554. The molecule has 1 N–H and O–H groups in total. The monoisotopic (exact) mass is 277 g/mol. The predicted octanol–water partition coefficient (Wildman–Crippen LogP) is 3.16. The van der Waals surface area contributed by atoms with Crippen LogP contribution in [0.25, 0.3) is 0 Å². The van der Waals surface area contributed by atoms with Gasteiger partial charge in [-0.25, -0.2) is 4.98 Å². The first-order chi connectivity index (χ1) is 9.69. The van der Waals surface area contributed by atoms with Crippen LogP contribution in [0.5, 0.6) is 5.88 Å². The van der Waals surface area contributed by atoms with Crippen LogP contribution in [0.15, 0.2) is 18.3 Å². The molecule has 1 aromatic rings. The Morgan fingerprint density at radius 1 is 1.35 bits per heavy atom. The summed E-state index contributed by atoms with van der Waals surface area (Å²) in [6.07, 6.45) is 5.57. The van der Waals surface area contributed by atoms with E-state index in [-0.39, 0.29) is 0 Å². The van der Waals surface area contributed by atoms with E-state index in [9.17, 15) is 0 Å². The minimum Gasteiger partial charge on any atom is -0.478 e. The molecule has 2 heterocycles. The molecule has 0 amide bonds. The highest BCUT2D eigenvalue weighted by Gasteiger charge is 2.18. The Labute approximate surface area is 122 Å². The highest BCUT2D eigenvalue weighted by molar-refractivity contribution is 5.43. The Morgan fingerprint density at radius 3 is 2.85 bits per heavy atom. The van der Waals surface area contributed by atoms with Gasteiger partial charge >= 0.3 is 0 Å². The molecular formula is C16H27N3O. The van der Waals surface area contributed by atoms with Crippen molar-refractivity contribution in [3.8, 4) is 5.88 Å². The molecule has 1 atom stereocenters. The third kappa shape index (κ3) is 4.37. The molecule has 1 saturated heterocycles. The van der Waals surface area contributed by atoms with Gasteiger partial charge in [0, 0.05) is 24.7 Å². The maximum Gasteiger partial charge on any atom is 0.213 e. The van der Waals surface area contributed by atoms with Crippen LogP contribution in [0.4, 0.5) is 5.69 Å². The van der Waals surface area contributed by atoms with Gasteiger partial charge in [-0.15, -0.1) is 0 Å². The van der Waals surface area contributed by atoms with Crippen LogP contribution >= 0.6 is 0 Å². The fraction of sp³-hybridized carbons (Fsp3) is 0.688. The van der Waals surface area contributed by atoms with E-state index in [0.717, 1.165) is 5.69 Å². The fourth-order valence-electron chi connectivity index (χ4n) is 2.71. The maximum atomic E-state index is 5.37. The van der Waals surface area contributed by atoms with Crippen LogP contribution in [-0.2, 0) is 0 Å². The second-order valence-corrected chi connectivity index (χ2v) is 5.72. The van der Waals surface area contributed by atoms with E-state index < -0.39 is 0 Å². The predicted molar refractivity (Wildman–Crippen MR) is 83.4 cm³/mol. The lowest BCUT2D eigenvalue weighted by Gasteiger charge is -2.24. The number of ether oxygens (including phenoxy) is 1. The number of hydrogen-bond acceptors (Lipinski definition) is 4. The first kappa shape index (κ1) is 15.1. The topological polar surface area (TPSA) is 37.4 Å². The van der Waals surface area contributed by atoms with E-state index in [1.807, 2.05) is 19.2 Å². The second kappa shape index (κ2) is 7.48. The summed E-state index contributed by atoms with van der Waals surface area (Å²) in [7, 11) is 0. The molecule has 1 aromatic heterocycles. The van der Waals surface area contributed by atoms with Crippen LogP contribution in [0.3, 0.4) is 0 Å².